The largest absolute Gasteiger partial charge is 0.452 e. The molecule has 0 radical (unpaired) electrons. The zero-order valence-corrected chi connectivity index (χ0v) is 23.9. The molecule has 2 N–H and O–H groups in total. The van der Waals surface area contributed by atoms with Crippen molar-refractivity contribution in [1.82, 2.24) is 23.7 Å². The summed E-state index contributed by atoms with van der Waals surface area (Å²) in [6, 6.07) is 9.66. The van der Waals surface area contributed by atoms with Gasteiger partial charge in [0.05, 0.1) is 23.4 Å². The van der Waals surface area contributed by atoms with Gasteiger partial charge in [-0.25, -0.2) is 23.1 Å². The van der Waals surface area contributed by atoms with E-state index in [1.807, 2.05) is 7.05 Å². The molecule has 0 saturated carbocycles. The number of ether oxygens (including phenoxy) is 1. The van der Waals surface area contributed by atoms with Crippen LogP contribution in [0, 0.1) is 17.0 Å². The first-order chi connectivity index (χ1) is 21.0. The third kappa shape index (κ3) is 6.07. The quantitative estimate of drug-likeness (QED) is 0.232. The van der Waals surface area contributed by atoms with Crippen LogP contribution < -0.4 is 21.3 Å². The molecule has 0 bridgehead atoms. The molecule has 1 amide bonds. The minimum Gasteiger partial charge on any atom is -0.452 e. The number of carbonyl (C=O) groups is 1. The van der Waals surface area contributed by atoms with Gasteiger partial charge in [-0.1, -0.05) is 0 Å². The fraction of sp³-hybridized carbons (Fsp3) is 0.161. The van der Waals surface area contributed by atoms with Crippen molar-refractivity contribution in [2.45, 2.75) is 26.3 Å². The highest BCUT2D eigenvalue weighted by atomic mass is 19.1. The van der Waals surface area contributed by atoms with Gasteiger partial charge >= 0.3 is 5.69 Å². The Labute approximate surface area is 249 Å². The van der Waals surface area contributed by atoms with Crippen LogP contribution in [-0.4, -0.2) is 35.8 Å². The van der Waals surface area contributed by atoms with Gasteiger partial charge in [0.15, 0.2) is 11.6 Å². The molecule has 0 spiro atoms. The maximum absolute atomic E-state index is 15.3. The van der Waals surface area contributed by atoms with Crippen molar-refractivity contribution in [1.29, 1.82) is 5.41 Å². The fourth-order valence-electron chi connectivity index (χ4n) is 4.41. The van der Waals surface area contributed by atoms with E-state index in [-0.39, 0.29) is 34.9 Å². The molecule has 3 aromatic heterocycles. The Morgan fingerprint density at radius 3 is 2.43 bits per heavy atom. The van der Waals surface area contributed by atoms with E-state index in [1.54, 1.807) is 43.2 Å². The van der Waals surface area contributed by atoms with E-state index in [1.165, 1.54) is 28.8 Å². The first kappa shape index (κ1) is 29.8. The molecular formula is C31H27F2N7O4. The van der Waals surface area contributed by atoms with Gasteiger partial charge in [-0.3, -0.25) is 19.1 Å². The molecule has 3 heterocycles. The minimum absolute atomic E-state index is 0.0231. The summed E-state index contributed by atoms with van der Waals surface area (Å²) >= 11 is 0. The number of amides is 1. The van der Waals surface area contributed by atoms with Crippen molar-refractivity contribution < 1.29 is 18.3 Å². The van der Waals surface area contributed by atoms with Crippen LogP contribution >= 0.6 is 0 Å². The highest BCUT2D eigenvalue weighted by Crippen LogP contribution is 2.31. The number of benzene rings is 2. The molecule has 0 fully saturated rings. The zero-order valence-electron chi connectivity index (χ0n) is 23.9. The number of halogens is 2. The van der Waals surface area contributed by atoms with Gasteiger partial charge in [0.1, 0.15) is 17.1 Å². The third-order valence-electron chi connectivity index (χ3n) is 6.64. The van der Waals surface area contributed by atoms with E-state index in [0.29, 0.717) is 17.0 Å². The summed E-state index contributed by atoms with van der Waals surface area (Å²) in [4.78, 5) is 48.3. The number of rotatable bonds is 9. The van der Waals surface area contributed by atoms with Crippen molar-refractivity contribution >= 4 is 17.8 Å². The monoisotopic (exact) mass is 599 g/mol. The Hall–Kier alpha value is -5.72. The van der Waals surface area contributed by atoms with Crippen LogP contribution in [0.3, 0.4) is 0 Å². The lowest BCUT2D eigenvalue weighted by atomic mass is 10.1. The van der Waals surface area contributed by atoms with Gasteiger partial charge in [-0.05, 0) is 56.3 Å². The zero-order chi connectivity index (χ0) is 31.5. The number of aromatic nitrogens is 5. The first-order valence-corrected chi connectivity index (χ1v) is 13.4. The molecule has 0 aliphatic rings. The lowest BCUT2D eigenvalue weighted by Gasteiger charge is -2.16. The van der Waals surface area contributed by atoms with Gasteiger partial charge in [0, 0.05) is 61.6 Å². The number of pyridine rings is 1. The van der Waals surface area contributed by atoms with Crippen LogP contribution in [0.15, 0.2) is 83.0 Å². The molecule has 5 rings (SSSR count). The number of nitrogens with zero attached hydrogens (tertiary/aromatic N) is 5. The number of hydrogen-bond acceptors (Lipinski definition) is 7. The molecule has 5 aromatic rings. The molecule has 0 atom stereocenters. The second-order valence-electron chi connectivity index (χ2n) is 10.1. The smallest absolute Gasteiger partial charge is 0.335 e. The first-order valence-electron chi connectivity index (χ1n) is 13.4. The summed E-state index contributed by atoms with van der Waals surface area (Å²) < 4.78 is 38.4. The Kier molecular flexibility index (Phi) is 8.29. The van der Waals surface area contributed by atoms with Gasteiger partial charge in [0.25, 0.3) is 11.5 Å². The van der Waals surface area contributed by atoms with E-state index in [0.717, 1.165) is 35.2 Å². The fourth-order valence-corrected chi connectivity index (χ4v) is 4.41. The predicted molar refractivity (Wildman–Crippen MR) is 160 cm³/mol. The topological polar surface area (TPSA) is 137 Å². The van der Waals surface area contributed by atoms with E-state index in [2.05, 4.69) is 15.3 Å². The van der Waals surface area contributed by atoms with E-state index < -0.39 is 34.8 Å². The molecule has 0 unspecified atom stereocenters. The molecule has 0 aliphatic heterocycles. The summed E-state index contributed by atoms with van der Waals surface area (Å²) in [6.07, 6.45) is 7.46. The number of hydrogen-bond donors (Lipinski definition) is 2. The second kappa shape index (κ2) is 12.3. The number of nitrogens with one attached hydrogen (secondary N) is 2. The average molecular weight is 600 g/mol. The van der Waals surface area contributed by atoms with Crippen molar-refractivity contribution in [3.63, 3.8) is 0 Å². The van der Waals surface area contributed by atoms with Crippen molar-refractivity contribution in [3.05, 3.63) is 117 Å². The van der Waals surface area contributed by atoms with Crippen LogP contribution in [0.25, 0.3) is 16.9 Å². The summed E-state index contributed by atoms with van der Waals surface area (Å²) in [5, 5.41) is 9.96. The van der Waals surface area contributed by atoms with Crippen LogP contribution in [0.4, 0.5) is 14.5 Å². The number of imidazole rings is 1. The van der Waals surface area contributed by atoms with E-state index >= 15 is 4.39 Å². The molecule has 11 nitrogen and oxygen atoms in total. The number of carbonyl (C=O) groups excluding carboxylic acids is 1. The van der Waals surface area contributed by atoms with Gasteiger partial charge in [-0.2, -0.15) is 0 Å². The van der Waals surface area contributed by atoms with Crippen molar-refractivity contribution in [3.8, 4) is 28.4 Å². The number of anilines is 1. The lowest BCUT2D eigenvalue weighted by Crippen LogP contribution is -2.42. The summed E-state index contributed by atoms with van der Waals surface area (Å²) in [5.41, 5.74) is -0.219. The highest BCUT2D eigenvalue weighted by molar-refractivity contribution is 6.03. The molecule has 224 valence electrons. The molecular weight excluding hydrogens is 572 g/mol. The minimum atomic E-state index is -0.921. The second-order valence-corrected chi connectivity index (χ2v) is 10.1. The normalized spacial score (nSPS) is 11.0. The van der Waals surface area contributed by atoms with Crippen LogP contribution in [0.2, 0.25) is 0 Å². The Bertz CT molecular complexity index is 2000. The summed E-state index contributed by atoms with van der Waals surface area (Å²) in [5.74, 6) is -2.19. The molecule has 13 heteroatoms. The molecule has 0 aliphatic carbocycles. The molecule has 0 saturated heterocycles. The van der Waals surface area contributed by atoms with Crippen molar-refractivity contribution in [2.75, 3.05) is 5.32 Å². The SMILES string of the molecule is CC(C)n1cc(C(=O)Nc2ccc(Oc3cc(-c4cn(C)cn4)cnc3CC=N)c(F)c2)c(=O)n(-c2ccc(F)cc2)c1=O. The molecule has 44 heavy (non-hydrogen) atoms. The summed E-state index contributed by atoms with van der Waals surface area (Å²) in [7, 11) is 1.82. The third-order valence-corrected chi connectivity index (χ3v) is 6.64. The van der Waals surface area contributed by atoms with Gasteiger partial charge < -0.3 is 20.0 Å². The van der Waals surface area contributed by atoms with Crippen LogP contribution in [-0.2, 0) is 13.5 Å². The van der Waals surface area contributed by atoms with Gasteiger partial charge in [0.2, 0.25) is 0 Å². The Morgan fingerprint density at radius 1 is 1.05 bits per heavy atom. The van der Waals surface area contributed by atoms with E-state index in [9.17, 15) is 18.8 Å². The predicted octanol–water partition coefficient (Wildman–Crippen LogP) is 4.89. The van der Waals surface area contributed by atoms with Crippen LogP contribution in [0.1, 0.15) is 35.9 Å². The van der Waals surface area contributed by atoms with Crippen LogP contribution in [0.5, 0.6) is 11.5 Å². The highest BCUT2D eigenvalue weighted by Gasteiger charge is 2.21. The Balaban J connectivity index is 1.44. The molecule has 2 aromatic carbocycles. The maximum atomic E-state index is 15.3. The maximum Gasteiger partial charge on any atom is 0.335 e. The van der Waals surface area contributed by atoms with Gasteiger partial charge in [-0.15, -0.1) is 0 Å². The number of aryl methyl sites for hydroxylation is 1. The standard InChI is InChI=1S/C31H27F2N7O4/c1-18(2)39-15-23(30(42)40(31(39)43)22-7-4-20(32)5-8-22)29(41)37-21-6-9-27(24(33)13-21)44-28-12-19(14-35-25(28)10-11-34)26-16-38(3)17-36-26/h4-9,11-18,34H,10H2,1-3H3,(H,37,41). The van der Waals surface area contributed by atoms with Crippen molar-refractivity contribution in [2.24, 2.45) is 7.05 Å². The average Bonchev–Trinajstić information content (AvgIpc) is 3.42. The lowest BCUT2D eigenvalue weighted by molar-refractivity contribution is 0.102. The summed E-state index contributed by atoms with van der Waals surface area (Å²) in [6.45, 7) is 3.40. The Morgan fingerprint density at radius 2 is 1.80 bits per heavy atom. The van der Waals surface area contributed by atoms with E-state index in [4.69, 9.17) is 10.1 Å².